The summed E-state index contributed by atoms with van der Waals surface area (Å²) in [5.74, 6) is 0.647. The van der Waals surface area contributed by atoms with Crippen molar-refractivity contribution in [3.63, 3.8) is 0 Å². The molecule has 1 rings (SSSR count). The van der Waals surface area contributed by atoms with Gasteiger partial charge in [-0.2, -0.15) is 0 Å². The van der Waals surface area contributed by atoms with Gasteiger partial charge in [-0.3, -0.25) is 4.79 Å². The van der Waals surface area contributed by atoms with Crippen LogP contribution in [0.5, 0.6) is 5.75 Å². The van der Waals surface area contributed by atoms with E-state index in [-0.39, 0.29) is 5.91 Å². The smallest absolute Gasteiger partial charge is 0.224 e. The van der Waals surface area contributed by atoms with Crippen LogP contribution in [0.15, 0.2) is 18.2 Å². The van der Waals surface area contributed by atoms with Crippen LogP contribution in [-0.4, -0.2) is 19.6 Å². The summed E-state index contributed by atoms with van der Waals surface area (Å²) in [6.45, 7) is 2.50. The number of benzene rings is 1. The van der Waals surface area contributed by atoms with Crippen LogP contribution < -0.4 is 15.8 Å². The number of carbonyl (C=O) groups is 1. The molecule has 4 nitrogen and oxygen atoms in total. The standard InChI is InChI=1S/C12H18N2O2/c1-9-5-6-10(11(8-9)16-2)14-12(15)4-3-7-13/h5-6,8H,3-4,7,13H2,1-2H3,(H,14,15). The van der Waals surface area contributed by atoms with Crippen molar-refractivity contribution in [2.75, 3.05) is 19.0 Å². The first-order chi connectivity index (χ1) is 7.67. The molecule has 0 unspecified atom stereocenters. The molecular formula is C12H18N2O2. The molecule has 0 aliphatic carbocycles. The maximum absolute atomic E-state index is 11.5. The highest BCUT2D eigenvalue weighted by Crippen LogP contribution is 2.25. The lowest BCUT2D eigenvalue weighted by molar-refractivity contribution is -0.116. The predicted molar refractivity (Wildman–Crippen MR) is 64.6 cm³/mol. The van der Waals surface area contributed by atoms with E-state index in [1.165, 1.54) is 0 Å². The maximum atomic E-state index is 11.5. The van der Waals surface area contributed by atoms with Crippen molar-refractivity contribution in [1.29, 1.82) is 0 Å². The number of nitrogens with two attached hydrogens (primary N) is 1. The third-order valence-corrected chi connectivity index (χ3v) is 2.24. The fraction of sp³-hybridized carbons (Fsp3) is 0.417. The largest absolute Gasteiger partial charge is 0.495 e. The second-order valence-electron chi connectivity index (χ2n) is 3.64. The molecule has 0 bridgehead atoms. The van der Waals surface area contributed by atoms with Crippen molar-refractivity contribution in [3.05, 3.63) is 23.8 Å². The molecule has 1 aromatic rings. The van der Waals surface area contributed by atoms with E-state index in [2.05, 4.69) is 5.32 Å². The van der Waals surface area contributed by atoms with E-state index in [0.29, 0.717) is 30.8 Å². The number of ether oxygens (including phenoxy) is 1. The van der Waals surface area contributed by atoms with Gasteiger partial charge in [-0.15, -0.1) is 0 Å². The Kier molecular flexibility index (Phi) is 4.79. The normalized spacial score (nSPS) is 9.94. The molecule has 0 aliphatic heterocycles. The van der Waals surface area contributed by atoms with E-state index >= 15 is 0 Å². The molecule has 88 valence electrons. The van der Waals surface area contributed by atoms with E-state index in [1.54, 1.807) is 7.11 Å². The maximum Gasteiger partial charge on any atom is 0.224 e. The average molecular weight is 222 g/mol. The summed E-state index contributed by atoms with van der Waals surface area (Å²) in [6.07, 6.45) is 1.13. The van der Waals surface area contributed by atoms with Crippen LogP contribution in [0.2, 0.25) is 0 Å². The minimum absolute atomic E-state index is 0.0346. The Labute approximate surface area is 95.8 Å². The van der Waals surface area contributed by atoms with E-state index in [0.717, 1.165) is 5.56 Å². The lowest BCUT2D eigenvalue weighted by Gasteiger charge is -2.10. The molecule has 0 heterocycles. The zero-order valence-corrected chi connectivity index (χ0v) is 9.75. The molecule has 0 saturated carbocycles. The Bertz CT molecular complexity index is 364. The van der Waals surface area contributed by atoms with Crippen LogP contribution in [0.1, 0.15) is 18.4 Å². The number of hydrogen-bond donors (Lipinski definition) is 2. The van der Waals surface area contributed by atoms with Gasteiger partial charge < -0.3 is 15.8 Å². The second-order valence-corrected chi connectivity index (χ2v) is 3.64. The Hall–Kier alpha value is -1.55. The number of amides is 1. The van der Waals surface area contributed by atoms with Gasteiger partial charge in [-0.25, -0.2) is 0 Å². The van der Waals surface area contributed by atoms with Crippen molar-refractivity contribution in [2.45, 2.75) is 19.8 Å². The summed E-state index contributed by atoms with van der Waals surface area (Å²) in [5.41, 5.74) is 7.14. The SMILES string of the molecule is COc1cc(C)ccc1NC(=O)CCCN. The second kappa shape index (κ2) is 6.12. The Morgan fingerprint density at radius 1 is 1.50 bits per heavy atom. The molecule has 0 aliphatic rings. The van der Waals surface area contributed by atoms with Crippen molar-refractivity contribution in [3.8, 4) is 5.75 Å². The highest BCUT2D eigenvalue weighted by atomic mass is 16.5. The lowest BCUT2D eigenvalue weighted by Crippen LogP contribution is -2.14. The third-order valence-electron chi connectivity index (χ3n) is 2.24. The summed E-state index contributed by atoms with van der Waals surface area (Å²) in [5, 5.41) is 2.80. The van der Waals surface area contributed by atoms with Crippen molar-refractivity contribution < 1.29 is 9.53 Å². The topological polar surface area (TPSA) is 64.3 Å². The summed E-state index contributed by atoms with van der Waals surface area (Å²) < 4.78 is 5.19. The van der Waals surface area contributed by atoms with Gasteiger partial charge in [0.05, 0.1) is 12.8 Å². The van der Waals surface area contributed by atoms with Gasteiger partial charge in [0, 0.05) is 6.42 Å². The first-order valence-corrected chi connectivity index (χ1v) is 5.32. The van der Waals surface area contributed by atoms with Crippen LogP contribution >= 0.6 is 0 Å². The summed E-state index contributed by atoms with van der Waals surface area (Å²) in [4.78, 5) is 11.5. The molecule has 1 amide bonds. The van der Waals surface area contributed by atoms with Crippen LogP contribution in [0.25, 0.3) is 0 Å². The molecule has 0 atom stereocenters. The van der Waals surface area contributed by atoms with Crippen LogP contribution in [0, 0.1) is 6.92 Å². The molecule has 0 fully saturated rings. The number of aryl methyl sites for hydroxylation is 1. The van der Waals surface area contributed by atoms with E-state index in [1.807, 2.05) is 25.1 Å². The summed E-state index contributed by atoms with van der Waals surface area (Å²) in [7, 11) is 1.59. The van der Waals surface area contributed by atoms with Gasteiger partial charge in [0.15, 0.2) is 0 Å². The Morgan fingerprint density at radius 2 is 2.25 bits per heavy atom. The molecule has 0 spiro atoms. The molecular weight excluding hydrogens is 204 g/mol. The number of methoxy groups -OCH3 is 1. The van der Waals surface area contributed by atoms with Crippen molar-refractivity contribution >= 4 is 11.6 Å². The van der Waals surface area contributed by atoms with Crippen molar-refractivity contribution in [2.24, 2.45) is 5.73 Å². The van der Waals surface area contributed by atoms with Gasteiger partial charge in [0.25, 0.3) is 0 Å². The first-order valence-electron chi connectivity index (χ1n) is 5.32. The zero-order chi connectivity index (χ0) is 12.0. The van der Waals surface area contributed by atoms with Crippen molar-refractivity contribution in [1.82, 2.24) is 0 Å². The van der Waals surface area contributed by atoms with Gasteiger partial charge in [-0.1, -0.05) is 6.07 Å². The fourth-order valence-corrected chi connectivity index (χ4v) is 1.38. The molecule has 0 aromatic heterocycles. The quantitative estimate of drug-likeness (QED) is 0.796. The molecule has 0 saturated heterocycles. The van der Waals surface area contributed by atoms with E-state index in [4.69, 9.17) is 10.5 Å². The predicted octanol–water partition coefficient (Wildman–Crippen LogP) is 1.68. The minimum Gasteiger partial charge on any atom is -0.495 e. The zero-order valence-electron chi connectivity index (χ0n) is 9.75. The molecule has 1 aromatic carbocycles. The van der Waals surface area contributed by atoms with E-state index in [9.17, 15) is 4.79 Å². The monoisotopic (exact) mass is 222 g/mol. The van der Waals surface area contributed by atoms with Gasteiger partial charge in [0.1, 0.15) is 5.75 Å². The minimum atomic E-state index is -0.0346. The number of anilines is 1. The Morgan fingerprint density at radius 3 is 2.88 bits per heavy atom. The van der Waals surface area contributed by atoms with Gasteiger partial charge in [0.2, 0.25) is 5.91 Å². The lowest BCUT2D eigenvalue weighted by atomic mass is 10.2. The Balaban J connectivity index is 2.69. The van der Waals surface area contributed by atoms with Crippen LogP contribution in [-0.2, 0) is 4.79 Å². The molecule has 0 radical (unpaired) electrons. The first kappa shape index (κ1) is 12.5. The summed E-state index contributed by atoms with van der Waals surface area (Å²) in [6, 6.07) is 5.66. The molecule has 3 N–H and O–H groups in total. The van der Waals surface area contributed by atoms with Gasteiger partial charge in [-0.05, 0) is 37.6 Å². The average Bonchev–Trinajstić information content (AvgIpc) is 2.28. The summed E-state index contributed by atoms with van der Waals surface area (Å²) >= 11 is 0. The highest BCUT2D eigenvalue weighted by Gasteiger charge is 2.06. The third kappa shape index (κ3) is 3.55. The number of hydrogen-bond acceptors (Lipinski definition) is 3. The van der Waals surface area contributed by atoms with Crippen LogP contribution in [0.3, 0.4) is 0 Å². The van der Waals surface area contributed by atoms with Gasteiger partial charge >= 0.3 is 0 Å². The fourth-order valence-electron chi connectivity index (χ4n) is 1.38. The number of rotatable bonds is 5. The van der Waals surface area contributed by atoms with E-state index < -0.39 is 0 Å². The molecule has 16 heavy (non-hydrogen) atoms. The molecule has 4 heteroatoms. The number of carbonyl (C=O) groups excluding carboxylic acids is 1. The number of nitrogens with one attached hydrogen (secondary N) is 1. The van der Waals surface area contributed by atoms with Crippen LogP contribution in [0.4, 0.5) is 5.69 Å². The highest BCUT2D eigenvalue weighted by molar-refractivity contribution is 5.92.